The third kappa shape index (κ3) is 5.79. The molecule has 2 N–H and O–H groups in total. The summed E-state index contributed by atoms with van der Waals surface area (Å²) < 4.78 is 25.3. The highest BCUT2D eigenvalue weighted by Gasteiger charge is 2.14. The molecule has 25 heavy (non-hydrogen) atoms. The van der Waals surface area contributed by atoms with Gasteiger partial charge in [-0.3, -0.25) is 9.52 Å². The smallest absolute Gasteiger partial charge is 0.253 e. The number of likely N-dealkylation sites (N-methyl/N-ethyl adjacent to an activating group) is 1. The van der Waals surface area contributed by atoms with Crippen LogP contribution < -0.4 is 14.9 Å². The summed E-state index contributed by atoms with van der Waals surface area (Å²) in [7, 11) is -1.51. The van der Waals surface area contributed by atoms with E-state index in [2.05, 4.69) is 10.0 Å². The molecule has 0 radical (unpaired) electrons. The number of nitrogens with one attached hydrogen (secondary N) is 2. The average Bonchev–Trinajstić information content (AvgIpc) is 2.56. The number of benzene rings is 2. The average molecular weight is 361 g/mol. The SMILES string of the molecule is Cc1ccc(NS(C)(=O)=O)c(C(=O)NCCN(C)c2ccccc2)c1. The number of hydrogen-bond donors (Lipinski definition) is 2. The number of sulfonamides is 1. The Hall–Kier alpha value is -2.54. The van der Waals surface area contributed by atoms with Crippen LogP contribution in [-0.2, 0) is 10.0 Å². The standard InChI is InChI=1S/C18H23N3O3S/c1-14-9-10-17(20-25(3,23)24)16(13-14)18(22)19-11-12-21(2)15-7-5-4-6-8-15/h4-10,13,20H,11-12H2,1-3H3,(H,19,22). The first kappa shape index (κ1) is 18.8. The van der Waals surface area contributed by atoms with Gasteiger partial charge in [0.2, 0.25) is 10.0 Å². The lowest BCUT2D eigenvalue weighted by Crippen LogP contribution is -2.33. The van der Waals surface area contributed by atoms with Crippen molar-refractivity contribution < 1.29 is 13.2 Å². The Morgan fingerprint density at radius 3 is 2.44 bits per heavy atom. The molecule has 0 spiro atoms. The van der Waals surface area contributed by atoms with Crippen molar-refractivity contribution in [2.24, 2.45) is 0 Å². The Morgan fingerprint density at radius 1 is 1.12 bits per heavy atom. The molecule has 7 heteroatoms. The molecule has 0 saturated heterocycles. The fraction of sp³-hybridized carbons (Fsp3) is 0.278. The summed E-state index contributed by atoms with van der Waals surface area (Å²) in [5.41, 5.74) is 2.53. The van der Waals surface area contributed by atoms with Gasteiger partial charge in [-0.25, -0.2) is 8.42 Å². The van der Waals surface area contributed by atoms with Gasteiger partial charge in [-0.15, -0.1) is 0 Å². The zero-order valence-electron chi connectivity index (χ0n) is 14.6. The van der Waals surface area contributed by atoms with E-state index in [1.165, 1.54) is 0 Å². The molecule has 1 amide bonds. The van der Waals surface area contributed by atoms with E-state index in [4.69, 9.17) is 0 Å². The molecule has 0 heterocycles. The maximum absolute atomic E-state index is 12.5. The summed E-state index contributed by atoms with van der Waals surface area (Å²) >= 11 is 0. The summed E-state index contributed by atoms with van der Waals surface area (Å²) in [5, 5.41) is 2.84. The van der Waals surface area contributed by atoms with Crippen molar-refractivity contribution in [2.45, 2.75) is 6.92 Å². The fourth-order valence-corrected chi connectivity index (χ4v) is 2.96. The molecule has 0 fully saturated rings. The molecule has 0 atom stereocenters. The van der Waals surface area contributed by atoms with E-state index < -0.39 is 10.0 Å². The van der Waals surface area contributed by atoms with Gasteiger partial charge in [0.05, 0.1) is 17.5 Å². The fourth-order valence-electron chi connectivity index (χ4n) is 2.38. The van der Waals surface area contributed by atoms with Crippen LogP contribution >= 0.6 is 0 Å². The van der Waals surface area contributed by atoms with Crippen LogP contribution in [0, 0.1) is 6.92 Å². The van der Waals surface area contributed by atoms with E-state index >= 15 is 0 Å². The Morgan fingerprint density at radius 2 is 1.80 bits per heavy atom. The normalized spacial score (nSPS) is 11.0. The summed E-state index contributed by atoms with van der Waals surface area (Å²) in [6.07, 6.45) is 1.06. The van der Waals surface area contributed by atoms with Crippen LogP contribution in [0.2, 0.25) is 0 Å². The predicted octanol–water partition coefficient (Wildman–Crippen LogP) is 2.23. The van der Waals surface area contributed by atoms with Crippen molar-refractivity contribution in [1.29, 1.82) is 0 Å². The highest BCUT2D eigenvalue weighted by Crippen LogP contribution is 2.18. The minimum absolute atomic E-state index is 0.280. The molecule has 6 nitrogen and oxygen atoms in total. The summed E-state index contributed by atoms with van der Waals surface area (Å²) in [6, 6.07) is 14.9. The number of carbonyl (C=O) groups excluding carboxylic acids is 1. The van der Waals surface area contributed by atoms with Crippen LogP contribution in [0.15, 0.2) is 48.5 Å². The second-order valence-electron chi connectivity index (χ2n) is 5.94. The number of anilines is 2. The van der Waals surface area contributed by atoms with E-state index in [1.54, 1.807) is 18.2 Å². The number of nitrogens with zero attached hydrogens (tertiary/aromatic N) is 1. The number of aryl methyl sites for hydroxylation is 1. The van der Waals surface area contributed by atoms with Gasteiger partial charge in [-0.2, -0.15) is 0 Å². The van der Waals surface area contributed by atoms with Crippen LogP contribution in [0.3, 0.4) is 0 Å². The molecular formula is C18H23N3O3S. The Balaban J connectivity index is 2.02. The molecule has 134 valence electrons. The second-order valence-corrected chi connectivity index (χ2v) is 7.68. The first-order valence-electron chi connectivity index (χ1n) is 7.89. The molecule has 0 bridgehead atoms. The number of hydrogen-bond acceptors (Lipinski definition) is 4. The van der Waals surface area contributed by atoms with Crippen molar-refractivity contribution in [3.63, 3.8) is 0 Å². The summed E-state index contributed by atoms with van der Waals surface area (Å²) in [5.74, 6) is -0.309. The van der Waals surface area contributed by atoms with Gasteiger partial charge in [0.25, 0.3) is 5.91 Å². The molecule has 0 aliphatic heterocycles. The molecule has 0 aliphatic carbocycles. The van der Waals surface area contributed by atoms with Crippen LogP contribution in [0.4, 0.5) is 11.4 Å². The number of rotatable bonds is 7. The third-order valence-corrected chi connectivity index (χ3v) is 4.24. The molecule has 0 unspecified atom stereocenters. The van der Waals surface area contributed by atoms with E-state index in [0.717, 1.165) is 17.5 Å². The topological polar surface area (TPSA) is 78.5 Å². The molecule has 0 saturated carbocycles. The molecule has 0 aliphatic rings. The van der Waals surface area contributed by atoms with Gasteiger partial charge in [-0.1, -0.05) is 29.8 Å². The highest BCUT2D eigenvalue weighted by atomic mass is 32.2. The number of carbonyl (C=O) groups is 1. The molecule has 2 rings (SSSR count). The predicted molar refractivity (Wildman–Crippen MR) is 102 cm³/mol. The van der Waals surface area contributed by atoms with Gasteiger partial charge in [0.15, 0.2) is 0 Å². The minimum Gasteiger partial charge on any atom is -0.373 e. The lowest BCUT2D eigenvalue weighted by atomic mass is 10.1. The largest absolute Gasteiger partial charge is 0.373 e. The van der Waals surface area contributed by atoms with Crippen molar-refractivity contribution in [3.8, 4) is 0 Å². The van der Waals surface area contributed by atoms with E-state index in [-0.39, 0.29) is 11.6 Å². The number of para-hydroxylation sites is 1. The molecule has 2 aromatic rings. The highest BCUT2D eigenvalue weighted by molar-refractivity contribution is 7.92. The Kier molecular flexibility index (Phi) is 6.03. The Bertz CT molecular complexity index is 836. The lowest BCUT2D eigenvalue weighted by molar-refractivity contribution is 0.0955. The van der Waals surface area contributed by atoms with Crippen molar-refractivity contribution in [3.05, 3.63) is 59.7 Å². The van der Waals surface area contributed by atoms with Gasteiger partial charge in [0.1, 0.15) is 0 Å². The lowest BCUT2D eigenvalue weighted by Gasteiger charge is -2.19. The first-order chi connectivity index (χ1) is 11.8. The summed E-state index contributed by atoms with van der Waals surface area (Å²) in [6.45, 7) is 2.93. The van der Waals surface area contributed by atoms with Crippen molar-refractivity contribution in [1.82, 2.24) is 5.32 Å². The Labute approximate surface area is 148 Å². The molecule has 0 aromatic heterocycles. The van der Waals surface area contributed by atoms with E-state index in [9.17, 15) is 13.2 Å². The maximum Gasteiger partial charge on any atom is 0.253 e. The molecule has 2 aromatic carbocycles. The zero-order valence-corrected chi connectivity index (χ0v) is 15.4. The van der Waals surface area contributed by atoms with Crippen molar-refractivity contribution in [2.75, 3.05) is 36.0 Å². The summed E-state index contributed by atoms with van der Waals surface area (Å²) in [4.78, 5) is 14.5. The zero-order chi connectivity index (χ0) is 18.4. The van der Waals surface area contributed by atoms with Crippen LogP contribution in [0.1, 0.15) is 15.9 Å². The maximum atomic E-state index is 12.5. The monoisotopic (exact) mass is 361 g/mol. The van der Waals surface area contributed by atoms with Crippen LogP contribution in [-0.4, -0.2) is 40.7 Å². The van der Waals surface area contributed by atoms with E-state index in [0.29, 0.717) is 18.7 Å². The third-order valence-electron chi connectivity index (χ3n) is 3.64. The molecular weight excluding hydrogens is 338 g/mol. The van der Waals surface area contributed by atoms with Crippen LogP contribution in [0.25, 0.3) is 0 Å². The second kappa shape index (κ2) is 8.02. The van der Waals surface area contributed by atoms with E-state index in [1.807, 2.05) is 49.2 Å². The first-order valence-corrected chi connectivity index (χ1v) is 9.78. The van der Waals surface area contributed by atoms with Gasteiger partial charge in [0, 0.05) is 25.8 Å². The van der Waals surface area contributed by atoms with Gasteiger partial charge in [-0.05, 0) is 31.2 Å². The van der Waals surface area contributed by atoms with Crippen LogP contribution in [0.5, 0.6) is 0 Å². The van der Waals surface area contributed by atoms with Gasteiger partial charge >= 0.3 is 0 Å². The quantitative estimate of drug-likeness (QED) is 0.793. The number of amides is 1. The van der Waals surface area contributed by atoms with Gasteiger partial charge < -0.3 is 10.2 Å². The van der Waals surface area contributed by atoms with Crippen molar-refractivity contribution >= 4 is 27.3 Å². The minimum atomic E-state index is -3.45.